The van der Waals surface area contributed by atoms with Gasteiger partial charge in [-0.15, -0.1) is 0 Å². The molecule has 0 aliphatic rings. The van der Waals surface area contributed by atoms with E-state index in [2.05, 4.69) is 10.3 Å². The standard InChI is InChI=1S/C22H20F3N3O/c23-22(24,25)19-10-4-5-11-20(19)27-21(29)28(16-18-9-6-13-26-15-18)14-12-17-7-2-1-3-8-17/h1-11,13,15H,12,14,16H2,(H,27,29). The zero-order chi connectivity index (χ0) is 20.7. The predicted octanol–water partition coefficient (Wildman–Crippen LogP) is 5.38. The third-order valence-electron chi connectivity index (χ3n) is 4.37. The van der Waals surface area contributed by atoms with Crippen LogP contribution in [0.2, 0.25) is 0 Å². The van der Waals surface area contributed by atoms with Gasteiger partial charge in [-0.05, 0) is 35.7 Å². The van der Waals surface area contributed by atoms with Gasteiger partial charge in [0.1, 0.15) is 0 Å². The molecule has 1 N–H and O–H groups in total. The van der Waals surface area contributed by atoms with Crippen LogP contribution < -0.4 is 5.32 Å². The van der Waals surface area contributed by atoms with Gasteiger partial charge in [0.25, 0.3) is 0 Å². The number of hydrogen-bond acceptors (Lipinski definition) is 2. The van der Waals surface area contributed by atoms with E-state index in [9.17, 15) is 18.0 Å². The summed E-state index contributed by atoms with van der Waals surface area (Å²) < 4.78 is 39.7. The molecule has 0 radical (unpaired) electrons. The van der Waals surface area contributed by atoms with E-state index in [4.69, 9.17) is 0 Å². The molecule has 0 spiro atoms. The van der Waals surface area contributed by atoms with Gasteiger partial charge in [-0.1, -0.05) is 48.5 Å². The molecule has 3 rings (SSSR count). The van der Waals surface area contributed by atoms with E-state index in [-0.39, 0.29) is 12.2 Å². The van der Waals surface area contributed by atoms with Gasteiger partial charge in [-0.3, -0.25) is 4.98 Å². The Hall–Kier alpha value is -3.35. The molecule has 0 bridgehead atoms. The smallest absolute Gasteiger partial charge is 0.320 e. The van der Waals surface area contributed by atoms with Crippen LogP contribution in [0.15, 0.2) is 79.1 Å². The number of alkyl halides is 3. The summed E-state index contributed by atoms with van der Waals surface area (Å²) >= 11 is 0. The van der Waals surface area contributed by atoms with Crippen molar-refractivity contribution in [3.05, 3.63) is 95.8 Å². The molecule has 3 aromatic rings. The summed E-state index contributed by atoms with van der Waals surface area (Å²) in [4.78, 5) is 18.4. The first-order valence-electron chi connectivity index (χ1n) is 9.08. The monoisotopic (exact) mass is 399 g/mol. The Kier molecular flexibility index (Phi) is 6.49. The van der Waals surface area contributed by atoms with Crippen LogP contribution in [-0.2, 0) is 19.1 Å². The highest BCUT2D eigenvalue weighted by Crippen LogP contribution is 2.34. The average molecular weight is 399 g/mol. The molecule has 2 amide bonds. The fourth-order valence-corrected chi connectivity index (χ4v) is 2.91. The van der Waals surface area contributed by atoms with Crippen LogP contribution in [0.4, 0.5) is 23.7 Å². The predicted molar refractivity (Wildman–Crippen MR) is 105 cm³/mol. The van der Waals surface area contributed by atoms with Gasteiger partial charge in [-0.25, -0.2) is 4.79 Å². The molecule has 7 heteroatoms. The number of para-hydroxylation sites is 1. The third kappa shape index (κ3) is 5.81. The number of carbonyl (C=O) groups excluding carboxylic acids is 1. The maximum atomic E-state index is 13.2. The molecule has 0 fully saturated rings. The van der Waals surface area contributed by atoms with Crippen LogP contribution in [-0.4, -0.2) is 22.5 Å². The number of amides is 2. The molecular formula is C22H20F3N3O. The van der Waals surface area contributed by atoms with Crippen molar-refractivity contribution in [3.8, 4) is 0 Å². The van der Waals surface area contributed by atoms with Gasteiger partial charge in [0, 0.05) is 25.5 Å². The number of pyridine rings is 1. The number of halogens is 3. The van der Waals surface area contributed by atoms with Crippen molar-refractivity contribution in [2.75, 3.05) is 11.9 Å². The summed E-state index contributed by atoms with van der Waals surface area (Å²) in [6.45, 7) is 0.583. The zero-order valence-electron chi connectivity index (χ0n) is 15.6. The highest BCUT2D eigenvalue weighted by Gasteiger charge is 2.33. The number of anilines is 1. The lowest BCUT2D eigenvalue weighted by Gasteiger charge is -2.24. The average Bonchev–Trinajstić information content (AvgIpc) is 2.72. The first-order chi connectivity index (χ1) is 13.9. The number of nitrogens with zero attached hydrogens (tertiary/aromatic N) is 2. The SMILES string of the molecule is O=C(Nc1ccccc1C(F)(F)F)N(CCc1ccccc1)Cc1cccnc1. The van der Waals surface area contributed by atoms with E-state index in [1.54, 1.807) is 18.5 Å². The molecule has 1 heterocycles. The van der Waals surface area contributed by atoms with Crippen molar-refractivity contribution in [1.82, 2.24) is 9.88 Å². The summed E-state index contributed by atoms with van der Waals surface area (Å²) in [5, 5.41) is 2.42. The lowest BCUT2D eigenvalue weighted by atomic mass is 10.1. The Morgan fingerprint density at radius 2 is 1.62 bits per heavy atom. The summed E-state index contributed by atoms with van der Waals surface area (Å²) in [6.07, 6.45) is -0.721. The molecule has 4 nitrogen and oxygen atoms in total. The van der Waals surface area contributed by atoms with Gasteiger partial charge in [-0.2, -0.15) is 13.2 Å². The van der Waals surface area contributed by atoms with Crippen LogP contribution in [0.3, 0.4) is 0 Å². The molecule has 1 aromatic heterocycles. The highest BCUT2D eigenvalue weighted by atomic mass is 19.4. The van der Waals surface area contributed by atoms with E-state index in [1.807, 2.05) is 36.4 Å². The van der Waals surface area contributed by atoms with Crippen molar-refractivity contribution in [2.45, 2.75) is 19.1 Å². The van der Waals surface area contributed by atoms with Gasteiger partial charge in [0.15, 0.2) is 0 Å². The Morgan fingerprint density at radius 1 is 0.931 bits per heavy atom. The van der Waals surface area contributed by atoms with Crippen LogP contribution in [0.1, 0.15) is 16.7 Å². The molecule has 0 aliphatic carbocycles. The Morgan fingerprint density at radius 3 is 2.31 bits per heavy atom. The number of rotatable bonds is 6. The van der Waals surface area contributed by atoms with Crippen LogP contribution >= 0.6 is 0 Å². The van der Waals surface area contributed by atoms with Crippen molar-refractivity contribution in [1.29, 1.82) is 0 Å². The number of aromatic nitrogens is 1. The van der Waals surface area contributed by atoms with Crippen LogP contribution in [0.25, 0.3) is 0 Å². The van der Waals surface area contributed by atoms with Gasteiger partial charge in [0.2, 0.25) is 0 Å². The maximum absolute atomic E-state index is 13.2. The Balaban J connectivity index is 1.78. The second-order valence-electron chi connectivity index (χ2n) is 6.49. The number of nitrogens with one attached hydrogen (secondary N) is 1. The lowest BCUT2D eigenvalue weighted by molar-refractivity contribution is -0.136. The summed E-state index contributed by atoms with van der Waals surface area (Å²) in [7, 11) is 0. The number of benzene rings is 2. The summed E-state index contributed by atoms with van der Waals surface area (Å²) in [5.74, 6) is 0. The lowest BCUT2D eigenvalue weighted by Crippen LogP contribution is -2.36. The Bertz CT molecular complexity index is 931. The minimum absolute atomic E-state index is 0.237. The second kappa shape index (κ2) is 9.23. The molecule has 0 aliphatic heterocycles. The van der Waals surface area contributed by atoms with E-state index >= 15 is 0 Å². The fraction of sp³-hybridized carbons (Fsp3) is 0.182. The first-order valence-corrected chi connectivity index (χ1v) is 9.08. The molecule has 0 unspecified atom stereocenters. The largest absolute Gasteiger partial charge is 0.418 e. The maximum Gasteiger partial charge on any atom is 0.418 e. The van der Waals surface area contributed by atoms with Gasteiger partial charge in [0.05, 0.1) is 11.3 Å². The zero-order valence-corrected chi connectivity index (χ0v) is 15.6. The summed E-state index contributed by atoms with van der Waals surface area (Å²) in [6, 6.07) is 17.5. The van der Waals surface area contributed by atoms with E-state index < -0.39 is 17.8 Å². The van der Waals surface area contributed by atoms with Crippen LogP contribution in [0, 0.1) is 0 Å². The molecule has 0 saturated heterocycles. The second-order valence-corrected chi connectivity index (χ2v) is 6.49. The molecule has 0 atom stereocenters. The topological polar surface area (TPSA) is 45.2 Å². The van der Waals surface area contributed by atoms with Crippen molar-refractivity contribution in [2.24, 2.45) is 0 Å². The molecule has 0 saturated carbocycles. The van der Waals surface area contributed by atoms with E-state index in [0.717, 1.165) is 17.2 Å². The summed E-state index contributed by atoms with van der Waals surface area (Å²) in [5.41, 5.74) is 0.686. The quantitative estimate of drug-likeness (QED) is 0.605. The molecule has 150 valence electrons. The molecule has 2 aromatic carbocycles. The van der Waals surface area contributed by atoms with Crippen molar-refractivity contribution < 1.29 is 18.0 Å². The third-order valence-corrected chi connectivity index (χ3v) is 4.37. The molecule has 29 heavy (non-hydrogen) atoms. The van der Waals surface area contributed by atoms with E-state index in [0.29, 0.717) is 13.0 Å². The highest BCUT2D eigenvalue weighted by molar-refractivity contribution is 5.90. The minimum Gasteiger partial charge on any atom is -0.320 e. The fourth-order valence-electron chi connectivity index (χ4n) is 2.91. The number of hydrogen-bond donors (Lipinski definition) is 1. The molecular weight excluding hydrogens is 379 g/mol. The van der Waals surface area contributed by atoms with Gasteiger partial charge >= 0.3 is 12.2 Å². The Labute approximate surface area is 167 Å². The first kappa shape index (κ1) is 20.4. The normalized spacial score (nSPS) is 11.1. The van der Waals surface area contributed by atoms with Crippen molar-refractivity contribution >= 4 is 11.7 Å². The van der Waals surface area contributed by atoms with Gasteiger partial charge < -0.3 is 10.2 Å². The van der Waals surface area contributed by atoms with Crippen LogP contribution in [0.5, 0.6) is 0 Å². The van der Waals surface area contributed by atoms with Crippen molar-refractivity contribution in [3.63, 3.8) is 0 Å². The number of carbonyl (C=O) groups is 1. The van der Waals surface area contributed by atoms with E-state index in [1.165, 1.54) is 23.1 Å². The minimum atomic E-state index is -4.55. The number of urea groups is 1.